The summed E-state index contributed by atoms with van der Waals surface area (Å²) in [6.07, 6.45) is 7.60. The Morgan fingerprint density at radius 3 is 2.57 bits per heavy atom. The number of likely N-dealkylation sites (tertiary alicyclic amines) is 1. The van der Waals surface area contributed by atoms with Gasteiger partial charge in [-0.15, -0.1) is 6.42 Å². The van der Waals surface area contributed by atoms with Gasteiger partial charge in [-0.2, -0.15) is 0 Å². The first-order chi connectivity index (χ1) is 11.1. The van der Waals surface area contributed by atoms with Crippen molar-refractivity contribution in [3.05, 3.63) is 35.9 Å². The van der Waals surface area contributed by atoms with Crippen molar-refractivity contribution in [2.24, 2.45) is 16.6 Å². The van der Waals surface area contributed by atoms with Crippen LogP contribution in [0, 0.1) is 18.3 Å². The van der Waals surface area contributed by atoms with Crippen LogP contribution in [0.5, 0.6) is 0 Å². The number of nitrogens with one attached hydrogen (secondary N) is 1. The molecule has 1 heterocycles. The molecule has 2 rings (SSSR count). The summed E-state index contributed by atoms with van der Waals surface area (Å²) in [5, 5.41) is 3.14. The zero-order valence-electron chi connectivity index (χ0n) is 14.2. The van der Waals surface area contributed by atoms with Crippen LogP contribution in [0.1, 0.15) is 32.3 Å². The van der Waals surface area contributed by atoms with Gasteiger partial charge in [-0.25, -0.2) is 0 Å². The third-order valence-electron chi connectivity index (χ3n) is 4.28. The summed E-state index contributed by atoms with van der Waals surface area (Å²) < 4.78 is 0. The van der Waals surface area contributed by atoms with Gasteiger partial charge >= 0.3 is 0 Å². The number of hydrogen-bond acceptors (Lipinski definition) is 2. The van der Waals surface area contributed by atoms with Crippen LogP contribution in [-0.4, -0.2) is 36.0 Å². The molecule has 0 amide bonds. The van der Waals surface area contributed by atoms with Gasteiger partial charge in [0.25, 0.3) is 0 Å². The molecule has 1 aromatic rings. The first kappa shape index (κ1) is 17.4. The third-order valence-corrected chi connectivity index (χ3v) is 4.28. The van der Waals surface area contributed by atoms with Crippen LogP contribution < -0.4 is 11.1 Å². The molecular formula is C19H28N4. The predicted molar refractivity (Wildman–Crippen MR) is 97.0 cm³/mol. The number of aliphatic imine (C=N–C) groups is 1. The second kappa shape index (κ2) is 8.59. The molecule has 0 radical (unpaired) electrons. The second-order valence-corrected chi connectivity index (χ2v) is 6.54. The van der Waals surface area contributed by atoms with Crippen molar-refractivity contribution in [3.8, 4) is 12.3 Å². The maximum Gasteiger partial charge on any atom is 0.189 e. The summed E-state index contributed by atoms with van der Waals surface area (Å²) in [4.78, 5) is 7.08. The average molecular weight is 312 g/mol. The molecule has 1 aliphatic heterocycles. The number of nitrogens with two attached hydrogens (primary N) is 1. The average Bonchev–Trinajstić information content (AvgIpc) is 2.55. The highest BCUT2D eigenvalue weighted by molar-refractivity contribution is 5.78. The van der Waals surface area contributed by atoms with Gasteiger partial charge in [-0.05, 0) is 24.3 Å². The van der Waals surface area contributed by atoms with Gasteiger partial charge in [0.15, 0.2) is 5.96 Å². The maximum atomic E-state index is 6.01. The van der Waals surface area contributed by atoms with E-state index in [2.05, 4.69) is 65.3 Å². The molecule has 0 bridgehead atoms. The topological polar surface area (TPSA) is 53.6 Å². The van der Waals surface area contributed by atoms with Crippen LogP contribution in [0.15, 0.2) is 35.3 Å². The van der Waals surface area contributed by atoms with Gasteiger partial charge in [0.2, 0.25) is 0 Å². The summed E-state index contributed by atoms with van der Waals surface area (Å²) in [5.74, 6) is 3.53. The molecule has 3 N–H and O–H groups in total. The lowest BCUT2D eigenvalue weighted by molar-refractivity contribution is 0.206. The molecule has 4 nitrogen and oxygen atoms in total. The van der Waals surface area contributed by atoms with Crippen molar-refractivity contribution in [1.29, 1.82) is 0 Å². The van der Waals surface area contributed by atoms with Gasteiger partial charge in [0.05, 0.1) is 12.1 Å². The smallest absolute Gasteiger partial charge is 0.189 e. The molecule has 23 heavy (non-hydrogen) atoms. The Balaban J connectivity index is 1.80. The summed E-state index contributed by atoms with van der Waals surface area (Å²) in [6, 6.07) is 10.8. The Kier molecular flexibility index (Phi) is 6.49. The highest BCUT2D eigenvalue weighted by Gasteiger charge is 2.19. The van der Waals surface area contributed by atoms with Crippen molar-refractivity contribution in [3.63, 3.8) is 0 Å². The molecule has 1 saturated heterocycles. The second-order valence-electron chi connectivity index (χ2n) is 6.54. The summed E-state index contributed by atoms with van der Waals surface area (Å²) in [7, 11) is 0. The van der Waals surface area contributed by atoms with E-state index in [9.17, 15) is 0 Å². The lowest BCUT2D eigenvalue weighted by atomic mass is 10.0. The van der Waals surface area contributed by atoms with Crippen LogP contribution in [0.2, 0.25) is 0 Å². The number of guanidine groups is 1. The number of rotatable bonds is 5. The molecule has 0 aliphatic carbocycles. The SMILES string of the molecule is C#CC(NC(N)=NC1CCN(Cc2ccccc2)CC1)C(C)C. The van der Waals surface area contributed by atoms with E-state index in [4.69, 9.17) is 12.2 Å². The van der Waals surface area contributed by atoms with Gasteiger partial charge in [0, 0.05) is 19.6 Å². The molecule has 0 saturated carbocycles. The Morgan fingerprint density at radius 1 is 1.35 bits per heavy atom. The van der Waals surface area contributed by atoms with Gasteiger partial charge in [-0.3, -0.25) is 9.89 Å². The predicted octanol–water partition coefficient (Wildman–Crippen LogP) is 2.21. The molecular weight excluding hydrogens is 284 g/mol. The zero-order valence-corrected chi connectivity index (χ0v) is 14.2. The Bertz CT molecular complexity index is 536. The molecule has 0 aromatic heterocycles. The van der Waals surface area contributed by atoms with Crippen LogP contribution in [0.3, 0.4) is 0 Å². The van der Waals surface area contributed by atoms with Crippen molar-refractivity contribution in [1.82, 2.24) is 10.2 Å². The van der Waals surface area contributed by atoms with Crippen molar-refractivity contribution < 1.29 is 0 Å². The lowest BCUT2D eigenvalue weighted by Crippen LogP contribution is -2.43. The first-order valence-electron chi connectivity index (χ1n) is 8.40. The Morgan fingerprint density at radius 2 is 2.00 bits per heavy atom. The number of piperidine rings is 1. The Hall–Kier alpha value is -1.99. The van der Waals surface area contributed by atoms with E-state index in [0.717, 1.165) is 32.5 Å². The highest BCUT2D eigenvalue weighted by atomic mass is 15.2. The van der Waals surface area contributed by atoms with E-state index >= 15 is 0 Å². The minimum absolute atomic E-state index is 0.0584. The monoisotopic (exact) mass is 312 g/mol. The van der Waals surface area contributed by atoms with Crippen LogP contribution in [0.4, 0.5) is 0 Å². The number of terminal acetylenes is 1. The fourth-order valence-electron chi connectivity index (χ4n) is 2.84. The fraction of sp³-hybridized carbons (Fsp3) is 0.526. The maximum absolute atomic E-state index is 6.01. The largest absolute Gasteiger partial charge is 0.370 e. The molecule has 124 valence electrons. The van der Waals surface area contributed by atoms with Crippen molar-refractivity contribution >= 4 is 5.96 Å². The molecule has 1 aliphatic rings. The van der Waals surface area contributed by atoms with Crippen molar-refractivity contribution in [2.45, 2.75) is 45.3 Å². The number of benzene rings is 1. The molecule has 0 spiro atoms. The molecule has 1 unspecified atom stereocenters. The molecule has 1 aromatic carbocycles. The lowest BCUT2D eigenvalue weighted by Gasteiger charge is -2.30. The summed E-state index contributed by atoms with van der Waals surface area (Å²) in [6.45, 7) is 7.27. The molecule has 1 fully saturated rings. The van der Waals surface area contributed by atoms with E-state index in [1.807, 2.05) is 0 Å². The number of hydrogen-bond donors (Lipinski definition) is 2. The normalized spacial score (nSPS) is 18.6. The van der Waals surface area contributed by atoms with Gasteiger partial charge in [0.1, 0.15) is 0 Å². The standard InChI is InChI=1S/C19H28N4/c1-4-18(15(2)3)22-19(20)21-17-10-12-23(13-11-17)14-16-8-6-5-7-9-16/h1,5-9,15,17-18H,10-14H2,2-3H3,(H3,20,21,22). The minimum atomic E-state index is -0.0584. The molecule has 1 atom stereocenters. The highest BCUT2D eigenvalue weighted by Crippen LogP contribution is 2.16. The fourth-order valence-corrected chi connectivity index (χ4v) is 2.84. The van der Waals surface area contributed by atoms with E-state index in [0.29, 0.717) is 17.9 Å². The van der Waals surface area contributed by atoms with E-state index < -0.39 is 0 Å². The van der Waals surface area contributed by atoms with Crippen molar-refractivity contribution in [2.75, 3.05) is 13.1 Å². The third kappa shape index (κ3) is 5.61. The van der Waals surface area contributed by atoms with E-state index in [1.165, 1.54) is 5.56 Å². The van der Waals surface area contributed by atoms with E-state index in [-0.39, 0.29) is 6.04 Å². The number of nitrogens with zero attached hydrogens (tertiary/aromatic N) is 2. The van der Waals surface area contributed by atoms with Crippen LogP contribution in [0.25, 0.3) is 0 Å². The molecule has 4 heteroatoms. The van der Waals surface area contributed by atoms with Crippen LogP contribution >= 0.6 is 0 Å². The minimum Gasteiger partial charge on any atom is -0.370 e. The van der Waals surface area contributed by atoms with Crippen LogP contribution in [-0.2, 0) is 6.54 Å². The summed E-state index contributed by atoms with van der Waals surface area (Å²) in [5.41, 5.74) is 7.37. The zero-order chi connectivity index (χ0) is 16.7. The quantitative estimate of drug-likeness (QED) is 0.498. The Labute approximate surface area is 140 Å². The first-order valence-corrected chi connectivity index (χ1v) is 8.40. The van der Waals surface area contributed by atoms with Gasteiger partial charge < -0.3 is 11.1 Å². The van der Waals surface area contributed by atoms with Gasteiger partial charge in [-0.1, -0.05) is 50.1 Å². The van der Waals surface area contributed by atoms with E-state index in [1.54, 1.807) is 0 Å². The summed E-state index contributed by atoms with van der Waals surface area (Å²) >= 11 is 0.